The van der Waals surface area contributed by atoms with E-state index in [1.807, 2.05) is 0 Å². The van der Waals surface area contributed by atoms with E-state index in [-0.39, 0.29) is 5.91 Å². The molecule has 3 rings (SSSR count). The molecule has 2 aromatic rings. The average Bonchev–Trinajstić information content (AvgIpc) is 2.83. The standard InChI is InChI=1S/C24H26N4O4/c25-17-19-6-8-21(9-7-19)31-14-2-10-27-12-13-28(24(30)23(27)29)11-3-15-32-22-5-1-4-20(16-22)18-26/h1,4-9,16,24,30H,2-3,10-15H2. The van der Waals surface area contributed by atoms with E-state index in [2.05, 4.69) is 12.1 Å². The van der Waals surface area contributed by atoms with Gasteiger partial charge in [0.05, 0.1) is 36.5 Å². The summed E-state index contributed by atoms with van der Waals surface area (Å²) in [6, 6.07) is 18.0. The van der Waals surface area contributed by atoms with Crippen LogP contribution in [-0.2, 0) is 4.79 Å². The molecule has 0 aromatic heterocycles. The van der Waals surface area contributed by atoms with Crippen LogP contribution in [0.3, 0.4) is 0 Å². The van der Waals surface area contributed by atoms with Gasteiger partial charge in [-0.2, -0.15) is 10.5 Å². The van der Waals surface area contributed by atoms with E-state index in [9.17, 15) is 9.90 Å². The molecule has 1 atom stereocenters. The fourth-order valence-electron chi connectivity index (χ4n) is 3.44. The number of carbonyl (C=O) groups is 1. The van der Waals surface area contributed by atoms with E-state index in [1.165, 1.54) is 0 Å². The number of carbonyl (C=O) groups excluding carboxylic acids is 1. The van der Waals surface area contributed by atoms with E-state index >= 15 is 0 Å². The number of benzene rings is 2. The summed E-state index contributed by atoms with van der Waals surface area (Å²) in [4.78, 5) is 15.9. The second-order valence-corrected chi connectivity index (χ2v) is 7.41. The van der Waals surface area contributed by atoms with Gasteiger partial charge in [0.15, 0.2) is 6.23 Å². The normalized spacial score (nSPS) is 16.3. The molecular weight excluding hydrogens is 408 g/mol. The Balaban J connectivity index is 1.34. The van der Waals surface area contributed by atoms with Crippen molar-refractivity contribution in [1.82, 2.24) is 9.80 Å². The molecule has 8 heteroatoms. The zero-order valence-electron chi connectivity index (χ0n) is 17.8. The molecule has 0 saturated carbocycles. The number of nitrogens with zero attached hydrogens (tertiary/aromatic N) is 4. The summed E-state index contributed by atoms with van der Waals surface area (Å²) in [6.07, 6.45) is 0.151. The molecule has 1 fully saturated rings. The highest BCUT2D eigenvalue weighted by Crippen LogP contribution is 2.15. The first-order valence-electron chi connectivity index (χ1n) is 10.6. The molecule has 32 heavy (non-hydrogen) atoms. The van der Waals surface area contributed by atoms with E-state index in [0.717, 1.165) is 0 Å². The molecule has 166 valence electrons. The van der Waals surface area contributed by atoms with E-state index in [0.29, 0.717) is 74.9 Å². The monoisotopic (exact) mass is 434 g/mol. The van der Waals surface area contributed by atoms with Crippen molar-refractivity contribution in [2.75, 3.05) is 39.4 Å². The topological polar surface area (TPSA) is 110 Å². The van der Waals surface area contributed by atoms with Crippen LogP contribution in [-0.4, -0.2) is 66.4 Å². The number of ether oxygens (including phenoxy) is 2. The van der Waals surface area contributed by atoms with Crippen molar-refractivity contribution in [2.45, 2.75) is 19.1 Å². The first kappa shape index (κ1) is 23.1. The van der Waals surface area contributed by atoms with Crippen LogP contribution in [0.5, 0.6) is 11.5 Å². The summed E-state index contributed by atoms with van der Waals surface area (Å²) in [6.45, 7) is 3.08. The van der Waals surface area contributed by atoms with Gasteiger partial charge in [0, 0.05) is 26.2 Å². The van der Waals surface area contributed by atoms with Crippen molar-refractivity contribution < 1.29 is 19.4 Å². The predicted octanol–water partition coefficient (Wildman–Crippen LogP) is 2.13. The maximum absolute atomic E-state index is 12.5. The van der Waals surface area contributed by atoms with Crippen molar-refractivity contribution >= 4 is 5.91 Å². The molecule has 1 saturated heterocycles. The fraction of sp³-hybridized carbons (Fsp3) is 0.375. The Morgan fingerprint density at radius 2 is 1.59 bits per heavy atom. The van der Waals surface area contributed by atoms with Crippen LogP contribution in [0.2, 0.25) is 0 Å². The minimum absolute atomic E-state index is 0.294. The largest absolute Gasteiger partial charge is 0.494 e. The Bertz CT molecular complexity index is 981. The van der Waals surface area contributed by atoms with Crippen LogP contribution in [0.1, 0.15) is 24.0 Å². The quantitative estimate of drug-likeness (QED) is 0.571. The molecule has 0 radical (unpaired) electrons. The maximum atomic E-state index is 12.5. The number of hydrogen-bond donors (Lipinski definition) is 1. The van der Waals surface area contributed by atoms with Gasteiger partial charge in [-0.05, 0) is 55.3 Å². The van der Waals surface area contributed by atoms with Gasteiger partial charge in [-0.25, -0.2) is 0 Å². The van der Waals surface area contributed by atoms with Crippen molar-refractivity contribution in [3.63, 3.8) is 0 Å². The molecule has 1 aliphatic rings. The molecule has 1 aliphatic heterocycles. The minimum atomic E-state index is -1.15. The zero-order valence-corrected chi connectivity index (χ0v) is 17.8. The Kier molecular flexibility index (Phi) is 8.44. The summed E-state index contributed by atoms with van der Waals surface area (Å²) < 4.78 is 11.3. The lowest BCUT2D eigenvalue weighted by Gasteiger charge is -2.38. The number of piperazine rings is 1. The van der Waals surface area contributed by atoms with Crippen molar-refractivity contribution in [2.24, 2.45) is 0 Å². The fourth-order valence-corrected chi connectivity index (χ4v) is 3.44. The molecular formula is C24H26N4O4. The van der Waals surface area contributed by atoms with Crippen molar-refractivity contribution in [3.8, 4) is 23.6 Å². The Hall–Kier alpha value is -3.59. The first-order valence-corrected chi connectivity index (χ1v) is 10.6. The van der Waals surface area contributed by atoms with Crippen LogP contribution >= 0.6 is 0 Å². The van der Waals surface area contributed by atoms with Crippen molar-refractivity contribution in [1.29, 1.82) is 10.5 Å². The highest BCUT2D eigenvalue weighted by molar-refractivity contribution is 5.81. The lowest BCUT2D eigenvalue weighted by atomic mass is 10.2. The second-order valence-electron chi connectivity index (χ2n) is 7.41. The molecule has 1 N–H and O–H groups in total. The van der Waals surface area contributed by atoms with E-state index in [4.69, 9.17) is 20.0 Å². The van der Waals surface area contributed by atoms with Crippen LogP contribution in [0.25, 0.3) is 0 Å². The average molecular weight is 434 g/mol. The number of nitriles is 2. The van der Waals surface area contributed by atoms with E-state index in [1.54, 1.807) is 58.3 Å². The minimum Gasteiger partial charge on any atom is -0.494 e. The summed E-state index contributed by atoms with van der Waals surface area (Å²) in [5, 5.41) is 28.1. The molecule has 8 nitrogen and oxygen atoms in total. The maximum Gasteiger partial charge on any atom is 0.266 e. The van der Waals surface area contributed by atoms with Gasteiger partial charge in [0.25, 0.3) is 5.91 Å². The highest BCUT2D eigenvalue weighted by atomic mass is 16.5. The van der Waals surface area contributed by atoms with E-state index < -0.39 is 6.23 Å². The van der Waals surface area contributed by atoms with Gasteiger partial charge >= 0.3 is 0 Å². The van der Waals surface area contributed by atoms with Crippen LogP contribution in [0, 0.1) is 22.7 Å². The number of aliphatic hydroxyl groups is 1. The third kappa shape index (κ3) is 6.45. The van der Waals surface area contributed by atoms with Gasteiger partial charge in [-0.3, -0.25) is 9.69 Å². The highest BCUT2D eigenvalue weighted by Gasteiger charge is 2.32. The molecule has 2 aromatic carbocycles. The first-order chi connectivity index (χ1) is 15.6. The summed E-state index contributed by atoms with van der Waals surface area (Å²) >= 11 is 0. The van der Waals surface area contributed by atoms with Crippen LogP contribution in [0.15, 0.2) is 48.5 Å². The number of aliphatic hydroxyl groups excluding tert-OH is 1. The molecule has 0 spiro atoms. The summed E-state index contributed by atoms with van der Waals surface area (Å²) in [5.41, 5.74) is 1.12. The van der Waals surface area contributed by atoms with Crippen LogP contribution in [0.4, 0.5) is 0 Å². The predicted molar refractivity (Wildman–Crippen MR) is 117 cm³/mol. The zero-order chi connectivity index (χ0) is 22.8. The Morgan fingerprint density at radius 1 is 0.906 bits per heavy atom. The van der Waals surface area contributed by atoms with Gasteiger partial charge in [0.2, 0.25) is 0 Å². The number of amides is 1. The van der Waals surface area contributed by atoms with Gasteiger partial charge in [0.1, 0.15) is 11.5 Å². The third-order valence-electron chi connectivity index (χ3n) is 5.18. The Morgan fingerprint density at radius 3 is 2.31 bits per heavy atom. The molecule has 0 bridgehead atoms. The summed E-state index contributed by atoms with van der Waals surface area (Å²) in [7, 11) is 0. The molecule has 0 aliphatic carbocycles. The van der Waals surface area contributed by atoms with Gasteiger partial charge in [-0.15, -0.1) is 0 Å². The van der Waals surface area contributed by atoms with Gasteiger partial charge < -0.3 is 19.5 Å². The Labute approximate surface area is 187 Å². The number of rotatable bonds is 10. The molecule has 1 amide bonds. The second kappa shape index (κ2) is 11.7. The lowest BCUT2D eigenvalue weighted by Crippen LogP contribution is -2.57. The lowest BCUT2D eigenvalue weighted by molar-refractivity contribution is -0.158. The summed E-state index contributed by atoms with van der Waals surface area (Å²) in [5.74, 6) is 1.02. The smallest absolute Gasteiger partial charge is 0.266 e. The molecule has 1 unspecified atom stereocenters. The van der Waals surface area contributed by atoms with Crippen LogP contribution < -0.4 is 9.47 Å². The molecule has 1 heterocycles. The third-order valence-corrected chi connectivity index (χ3v) is 5.18. The van der Waals surface area contributed by atoms with Crippen molar-refractivity contribution in [3.05, 3.63) is 59.7 Å². The SMILES string of the molecule is N#Cc1ccc(OCCCN2CCN(CCCOc3cccc(C#N)c3)C(O)C2=O)cc1. The number of hydrogen-bond acceptors (Lipinski definition) is 7. The van der Waals surface area contributed by atoms with Gasteiger partial charge in [-0.1, -0.05) is 6.07 Å².